The fourth-order valence-corrected chi connectivity index (χ4v) is 5.48. The summed E-state index contributed by atoms with van der Waals surface area (Å²) in [5, 5.41) is 3.10. The Hall–Kier alpha value is -2.18. The third-order valence-electron chi connectivity index (χ3n) is 5.67. The maximum atomic E-state index is 13.1. The standard InChI is InChI=1S/C23H30N2O3S/c1-5-22(20-11-8-16(2)14-18(20)4)24-23(26)21-15-19(10-9-17(21)3)29(27,28)25-12-6-7-13-25/h8-11,14-15,22H,5-7,12-13H2,1-4H3,(H,24,26)/t22-/m0/s1. The molecule has 1 heterocycles. The predicted molar refractivity (Wildman–Crippen MR) is 116 cm³/mol. The Kier molecular flexibility index (Phi) is 6.44. The number of aryl methyl sites for hydroxylation is 3. The predicted octanol–water partition coefficient (Wildman–Crippen LogP) is 4.28. The Morgan fingerprint density at radius 1 is 1.03 bits per heavy atom. The molecular formula is C23H30N2O3S. The van der Waals surface area contributed by atoms with Gasteiger partial charge in [-0.1, -0.05) is 36.8 Å². The van der Waals surface area contributed by atoms with Crippen molar-refractivity contribution in [2.45, 2.75) is 57.9 Å². The summed E-state index contributed by atoms with van der Waals surface area (Å²) in [4.78, 5) is 13.3. The molecule has 0 bridgehead atoms. The first-order valence-corrected chi connectivity index (χ1v) is 11.7. The second-order valence-corrected chi connectivity index (χ2v) is 9.82. The summed E-state index contributed by atoms with van der Waals surface area (Å²) >= 11 is 0. The largest absolute Gasteiger partial charge is 0.345 e. The molecule has 2 aromatic carbocycles. The first kappa shape index (κ1) is 21.5. The van der Waals surface area contributed by atoms with Crippen LogP contribution in [0.1, 0.15) is 64.8 Å². The van der Waals surface area contributed by atoms with Gasteiger partial charge < -0.3 is 5.32 Å². The van der Waals surface area contributed by atoms with Crippen molar-refractivity contribution < 1.29 is 13.2 Å². The Morgan fingerprint density at radius 2 is 1.72 bits per heavy atom. The molecule has 1 fully saturated rings. The van der Waals surface area contributed by atoms with Crippen LogP contribution in [0, 0.1) is 20.8 Å². The van der Waals surface area contributed by atoms with Crippen LogP contribution in [0.25, 0.3) is 0 Å². The van der Waals surface area contributed by atoms with Crippen molar-refractivity contribution >= 4 is 15.9 Å². The van der Waals surface area contributed by atoms with Gasteiger partial charge >= 0.3 is 0 Å². The number of sulfonamides is 1. The van der Waals surface area contributed by atoms with Crippen molar-refractivity contribution in [3.8, 4) is 0 Å². The van der Waals surface area contributed by atoms with E-state index in [1.807, 2.05) is 33.8 Å². The average Bonchev–Trinajstić information content (AvgIpc) is 3.22. The minimum Gasteiger partial charge on any atom is -0.345 e. The van der Waals surface area contributed by atoms with E-state index >= 15 is 0 Å². The highest BCUT2D eigenvalue weighted by Gasteiger charge is 2.28. The van der Waals surface area contributed by atoms with Crippen LogP contribution in [0.2, 0.25) is 0 Å². The lowest BCUT2D eigenvalue weighted by molar-refractivity contribution is 0.0934. The molecular weight excluding hydrogens is 384 g/mol. The van der Waals surface area contributed by atoms with Gasteiger partial charge in [0.1, 0.15) is 0 Å². The topological polar surface area (TPSA) is 66.5 Å². The summed E-state index contributed by atoms with van der Waals surface area (Å²) in [7, 11) is -3.56. The van der Waals surface area contributed by atoms with Gasteiger partial charge in [0.05, 0.1) is 10.9 Å². The highest BCUT2D eigenvalue weighted by molar-refractivity contribution is 7.89. The zero-order chi connectivity index (χ0) is 21.2. The Bertz CT molecular complexity index is 1010. The summed E-state index contributed by atoms with van der Waals surface area (Å²) in [6.07, 6.45) is 2.51. The van der Waals surface area contributed by atoms with Crippen LogP contribution < -0.4 is 5.32 Å². The molecule has 29 heavy (non-hydrogen) atoms. The lowest BCUT2D eigenvalue weighted by Crippen LogP contribution is -2.30. The first-order valence-electron chi connectivity index (χ1n) is 10.2. The Morgan fingerprint density at radius 3 is 2.34 bits per heavy atom. The van der Waals surface area contributed by atoms with E-state index in [-0.39, 0.29) is 16.8 Å². The van der Waals surface area contributed by atoms with E-state index < -0.39 is 10.0 Å². The number of amides is 1. The van der Waals surface area contributed by atoms with Crippen LogP contribution in [-0.4, -0.2) is 31.7 Å². The van der Waals surface area contributed by atoms with Crippen LogP contribution in [0.15, 0.2) is 41.3 Å². The molecule has 1 saturated heterocycles. The zero-order valence-electron chi connectivity index (χ0n) is 17.7. The summed E-state index contributed by atoms with van der Waals surface area (Å²) in [6.45, 7) is 9.05. The monoisotopic (exact) mass is 414 g/mol. The smallest absolute Gasteiger partial charge is 0.252 e. The molecule has 3 rings (SSSR count). The molecule has 2 aromatic rings. The first-order chi connectivity index (χ1) is 13.7. The Labute approximate surface area is 174 Å². The third-order valence-corrected chi connectivity index (χ3v) is 7.57. The van der Waals surface area contributed by atoms with Crippen molar-refractivity contribution in [2.24, 2.45) is 0 Å². The lowest BCUT2D eigenvalue weighted by atomic mass is 9.97. The van der Waals surface area contributed by atoms with Gasteiger partial charge in [-0.25, -0.2) is 8.42 Å². The maximum absolute atomic E-state index is 13.1. The molecule has 156 valence electrons. The van der Waals surface area contributed by atoms with E-state index in [2.05, 4.69) is 17.4 Å². The van der Waals surface area contributed by atoms with Gasteiger partial charge in [-0.2, -0.15) is 4.31 Å². The van der Waals surface area contributed by atoms with Crippen LogP contribution >= 0.6 is 0 Å². The lowest BCUT2D eigenvalue weighted by Gasteiger charge is -2.21. The normalized spacial score (nSPS) is 16.0. The molecule has 6 heteroatoms. The second kappa shape index (κ2) is 8.67. The number of hydrogen-bond acceptors (Lipinski definition) is 3. The minimum atomic E-state index is -3.56. The molecule has 1 N–H and O–H groups in total. The summed E-state index contributed by atoms with van der Waals surface area (Å²) < 4.78 is 27.3. The molecule has 1 atom stereocenters. The minimum absolute atomic E-state index is 0.124. The fourth-order valence-electron chi connectivity index (χ4n) is 3.94. The number of nitrogens with one attached hydrogen (secondary N) is 1. The molecule has 0 radical (unpaired) electrons. The number of rotatable bonds is 6. The van der Waals surface area contributed by atoms with Gasteiger partial charge in [0.25, 0.3) is 5.91 Å². The molecule has 1 aliphatic heterocycles. The van der Waals surface area contributed by atoms with Crippen LogP contribution in [0.3, 0.4) is 0 Å². The summed E-state index contributed by atoms with van der Waals surface area (Å²) in [5.41, 5.74) is 4.58. The highest BCUT2D eigenvalue weighted by Crippen LogP contribution is 2.25. The van der Waals surface area contributed by atoms with Crippen molar-refractivity contribution in [1.29, 1.82) is 0 Å². The van der Waals surface area contributed by atoms with Crippen molar-refractivity contribution in [3.63, 3.8) is 0 Å². The molecule has 0 aromatic heterocycles. The van der Waals surface area contributed by atoms with Gasteiger partial charge in [-0.3, -0.25) is 4.79 Å². The number of carbonyl (C=O) groups excluding carboxylic acids is 1. The zero-order valence-corrected chi connectivity index (χ0v) is 18.5. The van der Waals surface area contributed by atoms with Gasteiger partial charge in [0.2, 0.25) is 10.0 Å². The maximum Gasteiger partial charge on any atom is 0.252 e. The van der Waals surface area contributed by atoms with E-state index in [0.29, 0.717) is 18.7 Å². The van der Waals surface area contributed by atoms with Crippen LogP contribution in [0.4, 0.5) is 0 Å². The van der Waals surface area contributed by atoms with E-state index in [4.69, 9.17) is 0 Å². The molecule has 0 spiro atoms. The average molecular weight is 415 g/mol. The van der Waals surface area contributed by atoms with E-state index in [1.54, 1.807) is 12.1 Å². The van der Waals surface area contributed by atoms with Gasteiger partial charge in [0.15, 0.2) is 0 Å². The van der Waals surface area contributed by atoms with Gasteiger partial charge in [-0.05, 0) is 68.9 Å². The van der Waals surface area contributed by atoms with Crippen LogP contribution in [-0.2, 0) is 10.0 Å². The van der Waals surface area contributed by atoms with Gasteiger partial charge in [0, 0.05) is 18.7 Å². The molecule has 0 saturated carbocycles. The Balaban J connectivity index is 1.88. The molecule has 1 amide bonds. The molecule has 1 aliphatic rings. The van der Waals surface area contributed by atoms with Crippen LogP contribution in [0.5, 0.6) is 0 Å². The van der Waals surface area contributed by atoms with Gasteiger partial charge in [-0.15, -0.1) is 0 Å². The van der Waals surface area contributed by atoms with E-state index in [9.17, 15) is 13.2 Å². The summed E-state index contributed by atoms with van der Waals surface area (Å²) in [5.74, 6) is -0.243. The SMILES string of the molecule is CC[C@H](NC(=O)c1cc(S(=O)(=O)N2CCCC2)ccc1C)c1ccc(C)cc1C. The van der Waals surface area contributed by atoms with Crippen molar-refractivity contribution in [3.05, 3.63) is 64.2 Å². The number of nitrogens with zero attached hydrogens (tertiary/aromatic N) is 1. The molecule has 0 aliphatic carbocycles. The number of carbonyl (C=O) groups is 1. The molecule has 5 nitrogen and oxygen atoms in total. The quantitative estimate of drug-likeness (QED) is 0.767. The van der Waals surface area contributed by atoms with Crippen molar-refractivity contribution in [1.82, 2.24) is 9.62 Å². The number of benzene rings is 2. The van der Waals surface area contributed by atoms with Crippen molar-refractivity contribution in [2.75, 3.05) is 13.1 Å². The highest BCUT2D eigenvalue weighted by atomic mass is 32.2. The third kappa shape index (κ3) is 4.54. The fraction of sp³-hybridized carbons (Fsp3) is 0.435. The van der Waals surface area contributed by atoms with E-state index in [0.717, 1.165) is 36.0 Å². The number of hydrogen-bond donors (Lipinski definition) is 1. The second-order valence-electron chi connectivity index (χ2n) is 7.88. The summed E-state index contributed by atoms with van der Waals surface area (Å²) in [6, 6.07) is 10.9. The van der Waals surface area contributed by atoms with E-state index in [1.165, 1.54) is 15.9 Å². The molecule has 0 unspecified atom stereocenters.